The zero-order chi connectivity index (χ0) is 19.7. The fourth-order valence-corrected chi connectivity index (χ4v) is 3.45. The number of amides is 1. The van der Waals surface area contributed by atoms with Crippen LogP contribution in [0.4, 0.5) is 0 Å². The van der Waals surface area contributed by atoms with Gasteiger partial charge in [0, 0.05) is 37.1 Å². The van der Waals surface area contributed by atoms with Gasteiger partial charge in [0.1, 0.15) is 5.39 Å². The number of rotatable bonds is 5. The molecule has 9 heteroatoms. The molecule has 142 valence electrons. The fraction of sp³-hybridized carbons (Fsp3) is 0.333. The molecule has 27 heavy (non-hydrogen) atoms. The number of benzene rings is 1. The first kappa shape index (κ1) is 19.4. The molecule has 7 nitrogen and oxygen atoms in total. The van der Waals surface area contributed by atoms with E-state index >= 15 is 0 Å². The number of halogens is 2. The van der Waals surface area contributed by atoms with E-state index in [0.717, 1.165) is 5.56 Å². The second kappa shape index (κ2) is 7.70. The first-order valence-electron chi connectivity index (χ1n) is 8.37. The molecule has 0 N–H and O–H groups in total. The van der Waals surface area contributed by atoms with Crippen LogP contribution in [0.3, 0.4) is 0 Å². The molecular weight excluding hydrogens is 389 g/mol. The van der Waals surface area contributed by atoms with Crippen molar-refractivity contribution < 1.29 is 4.79 Å². The number of fused-ring (bicyclic) bond motifs is 1. The Hall–Kier alpha value is -2.38. The summed E-state index contributed by atoms with van der Waals surface area (Å²) in [6.07, 6.45) is 3.10. The van der Waals surface area contributed by atoms with Crippen molar-refractivity contribution >= 4 is 40.1 Å². The Morgan fingerprint density at radius 1 is 1.33 bits per heavy atom. The molecule has 1 unspecified atom stereocenters. The van der Waals surface area contributed by atoms with Crippen LogP contribution >= 0.6 is 23.2 Å². The van der Waals surface area contributed by atoms with Gasteiger partial charge in [0.2, 0.25) is 5.91 Å². The molecular formula is C18H19Cl2N5O2. The van der Waals surface area contributed by atoms with Crippen LogP contribution in [0.2, 0.25) is 10.0 Å². The molecule has 0 aliphatic rings. The Labute approximate surface area is 166 Å². The molecule has 0 radical (unpaired) electrons. The van der Waals surface area contributed by atoms with Gasteiger partial charge >= 0.3 is 0 Å². The highest BCUT2D eigenvalue weighted by Gasteiger charge is 2.20. The lowest BCUT2D eigenvalue weighted by Gasteiger charge is -2.26. The second-order valence-corrected chi connectivity index (χ2v) is 7.19. The van der Waals surface area contributed by atoms with E-state index in [0.29, 0.717) is 21.1 Å². The third-order valence-electron chi connectivity index (χ3n) is 4.67. The molecule has 3 rings (SSSR count). The molecule has 3 aromatic rings. The summed E-state index contributed by atoms with van der Waals surface area (Å²) < 4.78 is 2.97. The normalized spacial score (nSPS) is 12.3. The van der Waals surface area contributed by atoms with Gasteiger partial charge in [-0.15, -0.1) is 0 Å². The average molecular weight is 408 g/mol. The highest BCUT2D eigenvalue weighted by Crippen LogP contribution is 2.29. The topological polar surface area (TPSA) is 73.0 Å². The lowest BCUT2D eigenvalue weighted by molar-refractivity contribution is -0.132. The van der Waals surface area contributed by atoms with Crippen LogP contribution < -0.4 is 5.56 Å². The van der Waals surface area contributed by atoms with Gasteiger partial charge in [0.15, 0.2) is 5.65 Å². The van der Waals surface area contributed by atoms with Gasteiger partial charge < -0.3 is 4.90 Å². The van der Waals surface area contributed by atoms with Gasteiger partial charge in [-0.2, -0.15) is 5.10 Å². The Morgan fingerprint density at radius 3 is 2.78 bits per heavy atom. The van der Waals surface area contributed by atoms with Crippen LogP contribution in [0.5, 0.6) is 0 Å². The molecule has 2 aromatic heterocycles. The number of carbonyl (C=O) groups excluding carboxylic acids is 1. The highest BCUT2D eigenvalue weighted by atomic mass is 35.5. The summed E-state index contributed by atoms with van der Waals surface area (Å²) in [5, 5.41) is 5.52. The van der Waals surface area contributed by atoms with Crippen molar-refractivity contribution in [2.24, 2.45) is 7.05 Å². The van der Waals surface area contributed by atoms with E-state index in [9.17, 15) is 9.59 Å². The molecule has 1 amide bonds. The van der Waals surface area contributed by atoms with Crippen molar-refractivity contribution in [2.75, 3.05) is 7.05 Å². The van der Waals surface area contributed by atoms with Crippen LogP contribution in [0.1, 0.15) is 24.9 Å². The quantitative estimate of drug-likeness (QED) is 0.651. The standard InChI is InChI=1S/C18H19Cl2N5O2/c1-11(13-5-4-12(19)8-15(13)20)23(2)16(26)6-7-25-10-21-17-14(18(25)27)9-22-24(17)3/h4-5,8-11H,6-7H2,1-3H3. The zero-order valence-electron chi connectivity index (χ0n) is 15.2. The minimum atomic E-state index is -0.224. The number of carbonyl (C=O) groups is 1. The molecule has 0 bridgehead atoms. The second-order valence-electron chi connectivity index (χ2n) is 6.35. The van der Waals surface area contributed by atoms with Gasteiger partial charge in [-0.3, -0.25) is 18.8 Å². The smallest absolute Gasteiger partial charge is 0.264 e. The van der Waals surface area contributed by atoms with E-state index in [2.05, 4.69) is 10.1 Å². The van der Waals surface area contributed by atoms with Gasteiger partial charge in [0.25, 0.3) is 5.56 Å². The van der Waals surface area contributed by atoms with Crippen LogP contribution in [0.25, 0.3) is 11.0 Å². The molecule has 1 aromatic carbocycles. The van der Waals surface area contributed by atoms with Crippen LogP contribution in [-0.4, -0.2) is 37.2 Å². The van der Waals surface area contributed by atoms with Crippen molar-refractivity contribution in [1.29, 1.82) is 0 Å². The van der Waals surface area contributed by atoms with E-state index in [1.54, 1.807) is 31.1 Å². The summed E-state index contributed by atoms with van der Waals surface area (Å²) in [6.45, 7) is 2.13. The van der Waals surface area contributed by atoms with E-state index in [1.165, 1.54) is 21.8 Å². The van der Waals surface area contributed by atoms with E-state index < -0.39 is 0 Å². The van der Waals surface area contributed by atoms with Gasteiger partial charge in [-0.25, -0.2) is 4.98 Å². The fourth-order valence-electron chi connectivity index (χ4n) is 2.88. The van der Waals surface area contributed by atoms with Crippen molar-refractivity contribution in [1.82, 2.24) is 24.2 Å². The lowest BCUT2D eigenvalue weighted by atomic mass is 10.1. The first-order valence-corrected chi connectivity index (χ1v) is 9.13. The average Bonchev–Trinajstić information content (AvgIpc) is 3.01. The highest BCUT2D eigenvalue weighted by molar-refractivity contribution is 6.35. The molecule has 0 fully saturated rings. The summed E-state index contributed by atoms with van der Waals surface area (Å²) >= 11 is 12.2. The Morgan fingerprint density at radius 2 is 2.07 bits per heavy atom. The SMILES string of the molecule is CC(c1ccc(Cl)cc1Cl)N(C)C(=O)CCn1cnc2c(cnn2C)c1=O. The molecule has 0 aliphatic heterocycles. The van der Waals surface area contributed by atoms with Crippen molar-refractivity contribution in [3.05, 3.63) is 56.7 Å². The summed E-state index contributed by atoms with van der Waals surface area (Å²) in [7, 11) is 3.43. The molecule has 0 spiro atoms. The van der Waals surface area contributed by atoms with Gasteiger partial charge in [-0.05, 0) is 24.6 Å². The van der Waals surface area contributed by atoms with Crippen LogP contribution in [0, 0.1) is 0 Å². The number of aryl methyl sites for hydroxylation is 2. The predicted octanol–water partition coefficient (Wildman–Crippen LogP) is 3.05. The van der Waals surface area contributed by atoms with Crippen LogP contribution in [-0.2, 0) is 18.4 Å². The minimum Gasteiger partial charge on any atom is -0.339 e. The number of hydrogen-bond donors (Lipinski definition) is 0. The van der Waals surface area contributed by atoms with Crippen molar-refractivity contribution in [3.8, 4) is 0 Å². The molecule has 1 atom stereocenters. The van der Waals surface area contributed by atoms with Crippen molar-refractivity contribution in [3.63, 3.8) is 0 Å². The first-order chi connectivity index (χ1) is 12.8. The maximum absolute atomic E-state index is 12.6. The summed E-state index contributed by atoms with van der Waals surface area (Å²) in [5.41, 5.74) is 1.12. The van der Waals surface area contributed by atoms with Gasteiger partial charge in [-0.1, -0.05) is 29.3 Å². The van der Waals surface area contributed by atoms with E-state index in [4.69, 9.17) is 23.2 Å². The lowest BCUT2D eigenvalue weighted by Crippen LogP contribution is -2.31. The van der Waals surface area contributed by atoms with Gasteiger partial charge in [0.05, 0.1) is 18.6 Å². The third kappa shape index (κ3) is 3.84. The molecule has 0 saturated heterocycles. The monoisotopic (exact) mass is 407 g/mol. The number of nitrogens with zero attached hydrogens (tertiary/aromatic N) is 5. The largest absolute Gasteiger partial charge is 0.339 e. The Balaban J connectivity index is 1.71. The summed E-state index contributed by atoms with van der Waals surface area (Å²) in [4.78, 5) is 30.9. The maximum atomic E-state index is 12.6. The van der Waals surface area contributed by atoms with Crippen molar-refractivity contribution in [2.45, 2.75) is 25.9 Å². The Kier molecular flexibility index (Phi) is 5.53. The minimum absolute atomic E-state index is 0.105. The molecule has 2 heterocycles. The maximum Gasteiger partial charge on any atom is 0.264 e. The third-order valence-corrected chi connectivity index (χ3v) is 5.23. The Bertz CT molecular complexity index is 1060. The number of hydrogen-bond acceptors (Lipinski definition) is 4. The predicted molar refractivity (Wildman–Crippen MR) is 105 cm³/mol. The van der Waals surface area contributed by atoms with E-state index in [1.807, 2.05) is 13.0 Å². The van der Waals surface area contributed by atoms with E-state index in [-0.39, 0.29) is 30.5 Å². The number of aromatic nitrogens is 4. The molecule has 0 saturated carbocycles. The molecule has 0 aliphatic carbocycles. The zero-order valence-corrected chi connectivity index (χ0v) is 16.7. The summed E-state index contributed by atoms with van der Waals surface area (Å²) in [6, 6.07) is 4.98. The van der Waals surface area contributed by atoms with Crippen LogP contribution in [0.15, 0.2) is 35.5 Å². The summed E-state index contributed by atoms with van der Waals surface area (Å²) in [5.74, 6) is -0.105.